The average Bonchev–Trinajstić information content (AvgIpc) is 2.71. The topological polar surface area (TPSA) is 301 Å². The zero-order valence-electron chi connectivity index (χ0n) is 17.9. The zero-order valence-corrected chi connectivity index (χ0v) is 17.9. The number of carboxylic acids is 1. The molecule has 0 fully saturated rings. The zero-order chi connectivity index (χ0) is 25.6. The molecule has 16 heteroatoms. The summed E-state index contributed by atoms with van der Waals surface area (Å²) in [5.41, 5.74) is 25.8. The van der Waals surface area contributed by atoms with Crippen molar-refractivity contribution in [2.45, 2.75) is 50.2 Å². The van der Waals surface area contributed by atoms with Crippen molar-refractivity contribution in [1.29, 1.82) is 0 Å². The van der Waals surface area contributed by atoms with Gasteiger partial charge in [0.25, 0.3) is 0 Å². The van der Waals surface area contributed by atoms with Crippen molar-refractivity contribution < 1.29 is 33.9 Å². The van der Waals surface area contributed by atoms with Crippen molar-refractivity contribution in [2.24, 2.45) is 33.7 Å². The first kappa shape index (κ1) is 29.0. The molecule has 14 N–H and O–H groups in total. The maximum atomic E-state index is 12.7. The minimum Gasteiger partial charge on any atom is -0.480 e. The fraction of sp³-hybridized carbons (Fsp3) is 0.588. The molecule has 0 rings (SSSR count). The predicted molar refractivity (Wildman–Crippen MR) is 115 cm³/mol. The van der Waals surface area contributed by atoms with Crippen LogP contribution in [0, 0.1) is 0 Å². The molecule has 0 aromatic rings. The number of aliphatic imine (C=N–C) groups is 1. The highest BCUT2D eigenvalue weighted by molar-refractivity contribution is 5.94. The molecule has 0 heterocycles. The van der Waals surface area contributed by atoms with Gasteiger partial charge in [-0.1, -0.05) is 0 Å². The molecule has 3 atom stereocenters. The van der Waals surface area contributed by atoms with Gasteiger partial charge < -0.3 is 49.7 Å². The van der Waals surface area contributed by atoms with Crippen LogP contribution < -0.4 is 44.6 Å². The Morgan fingerprint density at radius 3 is 1.79 bits per heavy atom. The molecule has 0 spiro atoms. The van der Waals surface area contributed by atoms with E-state index in [1.165, 1.54) is 0 Å². The molecule has 0 bridgehead atoms. The van der Waals surface area contributed by atoms with E-state index in [2.05, 4.69) is 20.9 Å². The Bertz CT molecular complexity index is 768. The van der Waals surface area contributed by atoms with E-state index in [-0.39, 0.29) is 38.2 Å². The van der Waals surface area contributed by atoms with Gasteiger partial charge in [0, 0.05) is 13.0 Å². The minimum absolute atomic E-state index is 0.0674. The Morgan fingerprint density at radius 1 is 0.788 bits per heavy atom. The second-order valence-corrected chi connectivity index (χ2v) is 6.91. The largest absolute Gasteiger partial charge is 0.480 e. The highest BCUT2D eigenvalue weighted by atomic mass is 16.4. The molecule has 186 valence electrons. The van der Waals surface area contributed by atoms with Gasteiger partial charge >= 0.3 is 5.97 Å². The molecule has 0 saturated heterocycles. The van der Waals surface area contributed by atoms with Gasteiger partial charge in [-0.15, -0.1) is 0 Å². The van der Waals surface area contributed by atoms with Gasteiger partial charge in [0.2, 0.25) is 29.5 Å². The normalized spacial score (nSPS) is 13.0. The highest BCUT2D eigenvalue weighted by Crippen LogP contribution is 2.04. The molecule has 0 aliphatic heterocycles. The smallest absolute Gasteiger partial charge is 0.326 e. The summed E-state index contributed by atoms with van der Waals surface area (Å²) in [5, 5.41) is 16.0. The molecule has 0 aliphatic rings. The van der Waals surface area contributed by atoms with Crippen molar-refractivity contribution >= 4 is 41.5 Å². The molecular formula is C17H31N9O7. The third kappa shape index (κ3) is 13.1. The highest BCUT2D eigenvalue weighted by Gasteiger charge is 2.30. The lowest BCUT2D eigenvalue weighted by atomic mass is 10.1. The van der Waals surface area contributed by atoms with Gasteiger partial charge in [-0.25, -0.2) is 4.79 Å². The standard InChI is InChI=1S/C17H31N9O7/c18-7-13(29)24-8(2-1-5-23-17(21)22)14(30)25-9(3-4-11(19)27)15(31)26-10(16(32)33)6-12(20)28/h8-10H,1-7,18H2,(H2,19,27)(H2,20,28)(H,24,29)(H,25,30)(H,26,31)(H,32,33)(H4,21,22,23). The Hall–Kier alpha value is -3.95. The lowest BCUT2D eigenvalue weighted by Crippen LogP contribution is -2.56. The third-order valence-corrected chi connectivity index (χ3v) is 4.11. The predicted octanol–water partition coefficient (Wildman–Crippen LogP) is -5.32. The molecule has 3 unspecified atom stereocenters. The minimum atomic E-state index is -1.66. The Balaban J connectivity index is 5.47. The summed E-state index contributed by atoms with van der Waals surface area (Å²) in [6.07, 6.45) is -0.953. The van der Waals surface area contributed by atoms with Crippen molar-refractivity contribution in [3.8, 4) is 0 Å². The first-order chi connectivity index (χ1) is 15.4. The summed E-state index contributed by atoms with van der Waals surface area (Å²) in [4.78, 5) is 74.2. The summed E-state index contributed by atoms with van der Waals surface area (Å²) in [6.45, 7) is -0.250. The van der Waals surface area contributed by atoms with Crippen molar-refractivity contribution in [3.63, 3.8) is 0 Å². The summed E-state index contributed by atoms with van der Waals surface area (Å²) < 4.78 is 0. The molecule has 5 amide bonds. The molecule has 0 aromatic heterocycles. The molecule has 33 heavy (non-hydrogen) atoms. The average molecular weight is 473 g/mol. The van der Waals surface area contributed by atoms with Crippen LogP contribution in [0.3, 0.4) is 0 Å². The van der Waals surface area contributed by atoms with Crippen LogP contribution in [0.4, 0.5) is 0 Å². The molecule has 0 saturated carbocycles. The number of carbonyl (C=O) groups excluding carboxylic acids is 5. The summed E-state index contributed by atoms with van der Waals surface area (Å²) in [6, 6.07) is -4.20. The number of guanidine groups is 1. The summed E-state index contributed by atoms with van der Waals surface area (Å²) in [7, 11) is 0. The first-order valence-electron chi connectivity index (χ1n) is 9.82. The Morgan fingerprint density at radius 2 is 1.33 bits per heavy atom. The lowest BCUT2D eigenvalue weighted by molar-refractivity contribution is -0.144. The van der Waals surface area contributed by atoms with E-state index in [4.69, 9.17) is 33.8 Å². The van der Waals surface area contributed by atoms with Gasteiger partial charge in [-0.3, -0.25) is 29.0 Å². The van der Waals surface area contributed by atoms with E-state index in [0.29, 0.717) is 0 Å². The van der Waals surface area contributed by atoms with E-state index in [9.17, 15) is 28.8 Å². The van der Waals surface area contributed by atoms with Crippen LogP contribution in [0.15, 0.2) is 4.99 Å². The number of carbonyl (C=O) groups is 6. The van der Waals surface area contributed by atoms with Gasteiger partial charge in [0.05, 0.1) is 13.0 Å². The molecule has 16 nitrogen and oxygen atoms in total. The number of amides is 5. The summed E-state index contributed by atoms with van der Waals surface area (Å²) in [5.74, 6) is -5.91. The van der Waals surface area contributed by atoms with Gasteiger partial charge in [0.1, 0.15) is 18.1 Å². The maximum Gasteiger partial charge on any atom is 0.326 e. The van der Waals surface area contributed by atoms with Crippen LogP contribution in [0.5, 0.6) is 0 Å². The van der Waals surface area contributed by atoms with Crippen LogP contribution in [0.25, 0.3) is 0 Å². The number of nitrogens with two attached hydrogens (primary N) is 5. The SMILES string of the molecule is NCC(=O)NC(CCCN=C(N)N)C(=O)NC(CCC(N)=O)C(=O)NC(CC(N)=O)C(=O)O. The van der Waals surface area contributed by atoms with Crippen LogP contribution in [-0.4, -0.2) is 77.8 Å². The van der Waals surface area contributed by atoms with Gasteiger partial charge in [-0.05, 0) is 19.3 Å². The molecule has 0 aromatic carbocycles. The first-order valence-corrected chi connectivity index (χ1v) is 9.82. The van der Waals surface area contributed by atoms with Crippen molar-refractivity contribution in [3.05, 3.63) is 0 Å². The number of hydrogen-bond donors (Lipinski definition) is 9. The van der Waals surface area contributed by atoms with Crippen LogP contribution in [-0.2, 0) is 28.8 Å². The van der Waals surface area contributed by atoms with Gasteiger partial charge in [0.15, 0.2) is 5.96 Å². The number of carboxylic acid groups (broad SMARTS) is 1. The number of hydrogen-bond acceptors (Lipinski definition) is 8. The second kappa shape index (κ2) is 15.0. The number of nitrogens with one attached hydrogen (secondary N) is 3. The third-order valence-electron chi connectivity index (χ3n) is 4.11. The molecule has 0 aliphatic carbocycles. The Kier molecular flexibility index (Phi) is 13.2. The number of aliphatic carboxylic acids is 1. The van der Waals surface area contributed by atoms with E-state index < -0.39 is 66.6 Å². The number of rotatable bonds is 16. The van der Waals surface area contributed by atoms with Crippen molar-refractivity contribution in [2.75, 3.05) is 13.1 Å². The quantitative estimate of drug-likeness (QED) is 0.0582. The fourth-order valence-corrected chi connectivity index (χ4v) is 2.53. The monoisotopic (exact) mass is 473 g/mol. The molecular weight excluding hydrogens is 442 g/mol. The van der Waals surface area contributed by atoms with E-state index in [0.717, 1.165) is 0 Å². The fourth-order valence-electron chi connectivity index (χ4n) is 2.53. The molecule has 0 radical (unpaired) electrons. The maximum absolute atomic E-state index is 12.7. The van der Waals surface area contributed by atoms with Crippen LogP contribution >= 0.6 is 0 Å². The lowest BCUT2D eigenvalue weighted by Gasteiger charge is -2.24. The Labute approximate surface area is 189 Å². The second-order valence-electron chi connectivity index (χ2n) is 6.91. The van der Waals surface area contributed by atoms with E-state index in [1.807, 2.05) is 0 Å². The number of nitrogens with zero attached hydrogens (tertiary/aromatic N) is 1. The van der Waals surface area contributed by atoms with E-state index >= 15 is 0 Å². The summed E-state index contributed by atoms with van der Waals surface area (Å²) >= 11 is 0. The van der Waals surface area contributed by atoms with Crippen LogP contribution in [0.1, 0.15) is 32.1 Å². The van der Waals surface area contributed by atoms with Crippen molar-refractivity contribution in [1.82, 2.24) is 16.0 Å². The van der Waals surface area contributed by atoms with Gasteiger partial charge in [-0.2, -0.15) is 0 Å². The number of primary amides is 2. The van der Waals surface area contributed by atoms with Crippen LogP contribution in [0.2, 0.25) is 0 Å². The van der Waals surface area contributed by atoms with E-state index in [1.54, 1.807) is 0 Å².